The van der Waals surface area contributed by atoms with Gasteiger partial charge in [0.1, 0.15) is 12.4 Å². The third-order valence-corrected chi connectivity index (χ3v) is 1.61. The highest BCUT2D eigenvalue weighted by Gasteiger charge is 1.93. The molecule has 2 nitrogen and oxygen atoms in total. The molecule has 0 fully saturated rings. The molecule has 0 radical (unpaired) electrons. The molecule has 1 rings (SSSR count). The summed E-state index contributed by atoms with van der Waals surface area (Å²) < 4.78 is 6.12. The fourth-order valence-corrected chi connectivity index (χ4v) is 1.05. The minimum atomic E-state index is 0.493. The summed E-state index contributed by atoms with van der Waals surface area (Å²) >= 11 is 8.71. The molecule has 0 saturated carbocycles. The standard InChI is InChI=1S/C7H7BrClNO/c8-6-3-7(5-10-4-6)11-2-1-9/h3-5H,1-2H2. The van der Waals surface area contributed by atoms with Crippen LogP contribution < -0.4 is 4.74 Å². The van der Waals surface area contributed by atoms with Gasteiger partial charge in [-0.25, -0.2) is 0 Å². The number of alkyl halides is 1. The molecule has 0 saturated heterocycles. The van der Waals surface area contributed by atoms with Crippen LogP contribution in [0.15, 0.2) is 22.9 Å². The maximum atomic E-state index is 5.43. The van der Waals surface area contributed by atoms with E-state index < -0.39 is 0 Å². The zero-order chi connectivity index (χ0) is 8.10. The lowest BCUT2D eigenvalue weighted by Crippen LogP contribution is -1.97. The summed E-state index contributed by atoms with van der Waals surface area (Å²) in [5.41, 5.74) is 0. The van der Waals surface area contributed by atoms with Gasteiger partial charge in [0.25, 0.3) is 0 Å². The highest BCUT2D eigenvalue weighted by molar-refractivity contribution is 9.10. The predicted molar refractivity (Wildman–Crippen MR) is 48.2 cm³/mol. The molecular formula is C7H7BrClNO. The number of hydrogen-bond donors (Lipinski definition) is 0. The zero-order valence-corrected chi connectivity index (χ0v) is 8.10. The molecular weight excluding hydrogens is 229 g/mol. The summed E-state index contributed by atoms with van der Waals surface area (Å²) in [6.45, 7) is 0.514. The van der Waals surface area contributed by atoms with E-state index in [1.165, 1.54) is 0 Å². The van der Waals surface area contributed by atoms with Crippen molar-refractivity contribution >= 4 is 27.5 Å². The van der Waals surface area contributed by atoms with Gasteiger partial charge in [0.2, 0.25) is 0 Å². The average molecular weight is 236 g/mol. The van der Waals surface area contributed by atoms with Gasteiger partial charge >= 0.3 is 0 Å². The Bertz CT molecular complexity index is 231. The first-order valence-electron chi connectivity index (χ1n) is 3.12. The smallest absolute Gasteiger partial charge is 0.138 e. The van der Waals surface area contributed by atoms with Gasteiger partial charge in [0, 0.05) is 10.7 Å². The first-order chi connectivity index (χ1) is 5.33. The summed E-state index contributed by atoms with van der Waals surface area (Å²) in [6.07, 6.45) is 3.35. The fraction of sp³-hybridized carbons (Fsp3) is 0.286. The molecule has 0 N–H and O–H groups in total. The summed E-state index contributed by atoms with van der Waals surface area (Å²) in [6, 6.07) is 1.85. The van der Waals surface area contributed by atoms with Crippen molar-refractivity contribution in [1.82, 2.24) is 4.98 Å². The SMILES string of the molecule is ClCCOc1cncc(Br)c1. The lowest BCUT2D eigenvalue weighted by Gasteiger charge is -2.01. The molecule has 0 aromatic carbocycles. The molecule has 0 aliphatic heterocycles. The van der Waals surface area contributed by atoms with Gasteiger partial charge < -0.3 is 4.74 Å². The molecule has 0 spiro atoms. The maximum Gasteiger partial charge on any atom is 0.138 e. The first-order valence-corrected chi connectivity index (χ1v) is 4.45. The van der Waals surface area contributed by atoms with E-state index in [9.17, 15) is 0 Å². The van der Waals surface area contributed by atoms with E-state index in [0.717, 1.165) is 10.2 Å². The van der Waals surface area contributed by atoms with Crippen LogP contribution in [0.25, 0.3) is 0 Å². The number of rotatable bonds is 3. The molecule has 0 bridgehead atoms. The van der Waals surface area contributed by atoms with Crippen LogP contribution >= 0.6 is 27.5 Å². The van der Waals surface area contributed by atoms with Crippen LogP contribution in [0.2, 0.25) is 0 Å². The van der Waals surface area contributed by atoms with Crippen LogP contribution in [-0.2, 0) is 0 Å². The van der Waals surface area contributed by atoms with Gasteiger partial charge in [-0.1, -0.05) is 0 Å². The van der Waals surface area contributed by atoms with Gasteiger partial charge in [-0.2, -0.15) is 0 Å². The fourth-order valence-electron chi connectivity index (χ4n) is 0.628. The van der Waals surface area contributed by atoms with E-state index in [1.54, 1.807) is 12.4 Å². The molecule has 0 aliphatic rings. The van der Waals surface area contributed by atoms with Crippen molar-refractivity contribution in [3.63, 3.8) is 0 Å². The Kier molecular flexibility index (Phi) is 3.66. The summed E-state index contributed by atoms with van der Waals surface area (Å²) in [4.78, 5) is 3.92. The van der Waals surface area contributed by atoms with Crippen molar-refractivity contribution in [1.29, 1.82) is 0 Å². The van der Waals surface area contributed by atoms with Gasteiger partial charge in [-0.05, 0) is 22.0 Å². The first kappa shape index (κ1) is 8.81. The van der Waals surface area contributed by atoms with Crippen molar-refractivity contribution in [2.75, 3.05) is 12.5 Å². The second-order valence-corrected chi connectivity index (χ2v) is 3.17. The van der Waals surface area contributed by atoms with Gasteiger partial charge in [0.05, 0.1) is 12.1 Å². The van der Waals surface area contributed by atoms with Crippen LogP contribution in [0, 0.1) is 0 Å². The molecule has 1 heterocycles. The molecule has 1 aromatic rings. The summed E-state index contributed by atoms with van der Waals surface area (Å²) in [7, 11) is 0. The van der Waals surface area contributed by atoms with Crippen molar-refractivity contribution in [2.24, 2.45) is 0 Å². The number of ether oxygens (including phenoxy) is 1. The van der Waals surface area contributed by atoms with E-state index in [0.29, 0.717) is 12.5 Å². The van der Waals surface area contributed by atoms with Crippen LogP contribution in [0.5, 0.6) is 5.75 Å². The Morgan fingerprint density at radius 2 is 2.36 bits per heavy atom. The van der Waals surface area contributed by atoms with Crippen LogP contribution in [0.4, 0.5) is 0 Å². The maximum absolute atomic E-state index is 5.43. The lowest BCUT2D eigenvalue weighted by atomic mass is 10.5. The largest absolute Gasteiger partial charge is 0.491 e. The Morgan fingerprint density at radius 3 is 3.00 bits per heavy atom. The van der Waals surface area contributed by atoms with Crippen molar-refractivity contribution < 1.29 is 4.74 Å². The Morgan fingerprint density at radius 1 is 1.55 bits per heavy atom. The van der Waals surface area contributed by atoms with E-state index in [4.69, 9.17) is 16.3 Å². The molecule has 4 heteroatoms. The second kappa shape index (κ2) is 4.57. The number of nitrogens with zero attached hydrogens (tertiary/aromatic N) is 1. The van der Waals surface area contributed by atoms with E-state index in [-0.39, 0.29) is 0 Å². The lowest BCUT2D eigenvalue weighted by molar-refractivity contribution is 0.341. The number of aromatic nitrogens is 1. The van der Waals surface area contributed by atoms with Crippen LogP contribution in [0.3, 0.4) is 0 Å². The van der Waals surface area contributed by atoms with Gasteiger partial charge in [-0.15, -0.1) is 11.6 Å². The molecule has 11 heavy (non-hydrogen) atoms. The Hall–Kier alpha value is -0.280. The minimum absolute atomic E-state index is 0.493. The Balaban J connectivity index is 2.56. The highest BCUT2D eigenvalue weighted by atomic mass is 79.9. The minimum Gasteiger partial charge on any atom is -0.491 e. The van der Waals surface area contributed by atoms with Gasteiger partial charge in [0.15, 0.2) is 0 Å². The number of hydrogen-bond acceptors (Lipinski definition) is 2. The summed E-state index contributed by atoms with van der Waals surface area (Å²) in [5.74, 6) is 1.23. The highest BCUT2D eigenvalue weighted by Crippen LogP contribution is 2.15. The normalized spacial score (nSPS) is 9.64. The monoisotopic (exact) mass is 235 g/mol. The molecule has 0 unspecified atom stereocenters. The molecule has 0 aliphatic carbocycles. The Labute approximate surface area is 78.7 Å². The van der Waals surface area contributed by atoms with Crippen LogP contribution in [-0.4, -0.2) is 17.5 Å². The number of pyridine rings is 1. The van der Waals surface area contributed by atoms with Gasteiger partial charge in [-0.3, -0.25) is 4.98 Å². The number of halogens is 2. The summed E-state index contributed by atoms with van der Waals surface area (Å²) in [5, 5.41) is 0. The van der Waals surface area contributed by atoms with Crippen LogP contribution in [0.1, 0.15) is 0 Å². The van der Waals surface area contributed by atoms with Crippen molar-refractivity contribution in [3.05, 3.63) is 22.9 Å². The zero-order valence-electron chi connectivity index (χ0n) is 5.76. The second-order valence-electron chi connectivity index (χ2n) is 1.88. The third kappa shape index (κ3) is 3.08. The molecule has 0 amide bonds. The molecule has 0 atom stereocenters. The quantitative estimate of drug-likeness (QED) is 0.752. The third-order valence-electron chi connectivity index (χ3n) is 1.03. The van der Waals surface area contributed by atoms with E-state index >= 15 is 0 Å². The molecule has 60 valence electrons. The molecule has 1 aromatic heterocycles. The van der Waals surface area contributed by atoms with E-state index in [1.807, 2.05) is 6.07 Å². The van der Waals surface area contributed by atoms with Crippen molar-refractivity contribution in [2.45, 2.75) is 0 Å². The van der Waals surface area contributed by atoms with Crippen molar-refractivity contribution in [3.8, 4) is 5.75 Å². The van der Waals surface area contributed by atoms with E-state index in [2.05, 4.69) is 20.9 Å². The average Bonchev–Trinajstić information content (AvgIpc) is 2.01. The predicted octanol–water partition coefficient (Wildman–Crippen LogP) is 2.46. The topological polar surface area (TPSA) is 22.1 Å².